The summed E-state index contributed by atoms with van der Waals surface area (Å²) in [5, 5.41) is 0. The molecule has 0 radical (unpaired) electrons. The highest BCUT2D eigenvalue weighted by Gasteiger charge is 3.02. The lowest BCUT2D eigenvalue weighted by Gasteiger charge is -2.54. The van der Waals surface area contributed by atoms with E-state index in [9.17, 15) is 52.7 Å². The van der Waals surface area contributed by atoms with Gasteiger partial charge in [0.2, 0.25) is 0 Å². The topological polar surface area (TPSA) is 0 Å². The molecule has 0 aliphatic heterocycles. The minimum atomic E-state index is -8.58. The lowest BCUT2D eigenvalue weighted by Crippen LogP contribution is -2.85. The number of alkyl halides is 28. The van der Waals surface area contributed by atoms with E-state index in [-0.39, 0.29) is 77.0 Å². The van der Waals surface area contributed by atoms with Gasteiger partial charge in [-0.05, 0) is 51.4 Å². The summed E-state index contributed by atoms with van der Waals surface area (Å²) in [5.74, 6) is -37.9. The molecule has 0 aromatic carbocycles. The average Bonchev–Trinajstić information content (AvgIpc) is 0.671. The summed E-state index contributed by atoms with van der Waals surface area (Å²) in [6, 6.07) is 0. The Labute approximate surface area is 693 Å². The molecule has 118 heavy (non-hydrogen) atoms. The first-order valence-electron chi connectivity index (χ1n) is 46.4. The van der Waals surface area contributed by atoms with Crippen LogP contribution in [0.2, 0.25) is 0 Å². The van der Waals surface area contributed by atoms with Crippen molar-refractivity contribution in [3.8, 4) is 0 Å². The standard InChI is InChI=1S/C46H78F16.C44H78F12/c1-5-9-13-17-21-25-29-33-37(34-30-26-22-18-14-10-6-2)39(47,48)41(51,44(54,55)56)43(53,46(60,61)62)42(52,45(57,58)59)40(49,50)38(35-31-27-23-19-15-11-7-3)36-32-28-24-20-16-12-8-4;1-5-9-13-17-21-25-29-33-37(34-30-26-22-18-14-10-6-2)39(45,46)41(49,43(51,52)53)42(50,44(54,55)56)40(47,48)38(35-31-27-23-19-15-11-7-3)36-32-28-24-20-16-12-8-4/h37-38H,5-36H2,1-4H3;37-38H,5-36H2,1-4H3. The van der Waals surface area contributed by atoms with Gasteiger partial charge in [0.25, 0.3) is 23.7 Å². The Bertz CT molecular complexity index is 2150. The summed E-state index contributed by atoms with van der Waals surface area (Å²) < 4.78 is 442. The van der Waals surface area contributed by atoms with Gasteiger partial charge in [-0.25, -0.2) is 57.1 Å². The fourth-order valence-corrected chi connectivity index (χ4v) is 17.0. The Kier molecular flexibility index (Phi) is 59.9. The second kappa shape index (κ2) is 59.9. The van der Waals surface area contributed by atoms with Gasteiger partial charge in [-0.1, -0.05) is 415 Å². The minimum absolute atomic E-state index is 0.00872. The molecule has 28 heteroatoms. The summed E-state index contributed by atoms with van der Waals surface area (Å²) in [4.78, 5) is 0. The molecule has 0 rings (SSSR count). The van der Waals surface area contributed by atoms with E-state index in [1.807, 2.05) is 55.4 Å². The average molecular weight is 1770 g/mol. The highest BCUT2D eigenvalue weighted by molar-refractivity contribution is 5.30. The van der Waals surface area contributed by atoms with Crippen LogP contribution < -0.4 is 0 Å². The van der Waals surface area contributed by atoms with Gasteiger partial charge in [-0.15, -0.1) is 0 Å². The summed E-state index contributed by atoms with van der Waals surface area (Å²) in [6.07, 6.45) is -21.2. The normalized spacial score (nSPS) is 16.1. The first-order valence-corrected chi connectivity index (χ1v) is 46.4. The van der Waals surface area contributed by atoms with E-state index < -0.39 is 184 Å². The maximum atomic E-state index is 17.1. The van der Waals surface area contributed by atoms with Gasteiger partial charge in [-0.3, -0.25) is 0 Å². The number of unbranched alkanes of at least 4 members (excludes halogenated alkanes) is 48. The molecule has 712 valence electrons. The SMILES string of the molecule is CCCCCCCCCC(CCCCCCCCC)C(F)(F)C(F)(C(F)(F)F)C(F)(C(F)(F)F)C(F)(C(F)(F)F)C(F)(F)C(CCCCCCCCC)CCCCCCCCC.CCCCCCCCCC(CCCCCCCCC)C(F)(F)C(F)(C(F)(F)F)C(F)(C(F)(F)F)C(F)(F)C(CCCCCCCCC)CCCCCCCCC. The van der Waals surface area contributed by atoms with Crippen LogP contribution in [-0.2, 0) is 0 Å². The molecular weight excluding hydrogens is 1610 g/mol. The molecule has 0 aromatic heterocycles. The van der Waals surface area contributed by atoms with Crippen LogP contribution in [-0.4, -0.2) is 82.9 Å². The molecule has 0 saturated carbocycles. The number of hydrogen-bond acceptors (Lipinski definition) is 0. The minimum Gasteiger partial charge on any atom is -0.225 e. The Morgan fingerprint density at radius 1 is 0.119 bits per heavy atom. The summed E-state index contributed by atoms with van der Waals surface area (Å²) in [5.41, 5.74) is -39.4. The van der Waals surface area contributed by atoms with Gasteiger partial charge < -0.3 is 0 Å². The van der Waals surface area contributed by atoms with Crippen molar-refractivity contribution in [1.29, 1.82) is 0 Å². The predicted molar refractivity (Wildman–Crippen MR) is 424 cm³/mol. The van der Waals surface area contributed by atoms with Gasteiger partial charge in [-0.2, -0.15) is 65.9 Å². The maximum absolute atomic E-state index is 17.1. The van der Waals surface area contributed by atoms with Crippen molar-refractivity contribution in [3.63, 3.8) is 0 Å². The zero-order chi connectivity index (χ0) is 90.6. The fourth-order valence-electron chi connectivity index (χ4n) is 17.0. The highest BCUT2D eigenvalue weighted by atomic mass is 19.4. The third-order valence-electron chi connectivity index (χ3n) is 24.5. The molecule has 0 spiro atoms. The zero-order valence-electron chi connectivity index (χ0n) is 73.1. The summed E-state index contributed by atoms with van der Waals surface area (Å²) in [7, 11) is 0. The smallest absolute Gasteiger partial charge is 0.225 e. The Balaban J connectivity index is 0. The van der Waals surface area contributed by atoms with Crippen molar-refractivity contribution < 1.29 is 123 Å². The van der Waals surface area contributed by atoms with Crippen LogP contribution in [0.25, 0.3) is 0 Å². The third kappa shape index (κ3) is 35.7. The van der Waals surface area contributed by atoms with E-state index in [2.05, 4.69) is 0 Å². The van der Waals surface area contributed by atoms with Crippen LogP contribution in [0.4, 0.5) is 123 Å². The highest BCUT2D eigenvalue weighted by Crippen LogP contribution is 2.72. The Morgan fingerprint density at radius 2 is 0.203 bits per heavy atom. The molecule has 4 atom stereocenters. The largest absolute Gasteiger partial charge is 0.432 e. The molecule has 4 unspecified atom stereocenters. The lowest BCUT2D eigenvalue weighted by molar-refractivity contribution is -0.468. The molecule has 0 N–H and O–H groups in total. The van der Waals surface area contributed by atoms with Gasteiger partial charge >= 0.3 is 59.2 Å². The van der Waals surface area contributed by atoms with E-state index in [1.165, 1.54) is 0 Å². The second-order valence-electron chi connectivity index (χ2n) is 34.3. The van der Waals surface area contributed by atoms with E-state index in [0.29, 0.717) is 128 Å². The first kappa shape index (κ1) is 118. The first-order chi connectivity index (χ1) is 55.1. The molecule has 0 heterocycles. The number of halogens is 28. The van der Waals surface area contributed by atoms with Crippen molar-refractivity contribution in [2.24, 2.45) is 23.7 Å². The molecular formula is C90H156F28. The lowest BCUT2D eigenvalue weighted by atomic mass is 9.62. The molecule has 0 aliphatic carbocycles. The van der Waals surface area contributed by atoms with Gasteiger partial charge in [0.05, 0.1) is 0 Å². The summed E-state index contributed by atoms with van der Waals surface area (Å²) >= 11 is 0. The van der Waals surface area contributed by atoms with E-state index >= 15 is 70.2 Å². The molecule has 0 aliphatic rings. The molecule has 0 saturated heterocycles. The molecule has 0 fully saturated rings. The molecule has 0 aromatic rings. The van der Waals surface area contributed by atoms with Crippen molar-refractivity contribution in [2.45, 2.75) is 549 Å². The quantitative estimate of drug-likeness (QED) is 0.0421. The molecule has 0 nitrogen and oxygen atoms in total. The van der Waals surface area contributed by atoms with Crippen LogP contribution in [0.15, 0.2) is 0 Å². The molecule has 0 bridgehead atoms. The van der Waals surface area contributed by atoms with Crippen molar-refractivity contribution in [2.75, 3.05) is 0 Å². The van der Waals surface area contributed by atoms with Crippen molar-refractivity contribution >= 4 is 0 Å². The van der Waals surface area contributed by atoms with Crippen molar-refractivity contribution in [3.05, 3.63) is 0 Å². The third-order valence-corrected chi connectivity index (χ3v) is 24.5. The van der Waals surface area contributed by atoms with Crippen LogP contribution in [0.3, 0.4) is 0 Å². The van der Waals surface area contributed by atoms with Crippen molar-refractivity contribution in [1.82, 2.24) is 0 Å². The van der Waals surface area contributed by atoms with Gasteiger partial charge in [0, 0.05) is 23.7 Å². The van der Waals surface area contributed by atoms with Crippen LogP contribution >= 0.6 is 0 Å². The molecule has 0 amide bonds. The van der Waals surface area contributed by atoms with Gasteiger partial charge in [0.15, 0.2) is 0 Å². The van der Waals surface area contributed by atoms with Crippen LogP contribution in [0.5, 0.6) is 0 Å². The van der Waals surface area contributed by atoms with Crippen LogP contribution in [0, 0.1) is 23.7 Å². The number of hydrogen-bond donors (Lipinski definition) is 0. The Morgan fingerprint density at radius 3 is 0.297 bits per heavy atom. The van der Waals surface area contributed by atoms with E-state index in [4.69, 9.17) is 0 Å². The van der Waals surface area contributed by atoms with E-state index in [1.54, 1.807) is 0 Å². The monoisotopic (exact) mass is 1770 g/mol. The second-order valence-corrected chi connectivity index (χ2v) is 34.3. The number of rotatable bonds is 75. The van der Waals surface area contributed by atoms with E-state index in [0.717, 1.165) is 128 Å². The fraction of sp³-hybridized carbons (Fsp3) is 1.00. The maximum Gasteiger partial charge on any atom is 0.432 e. The summed E-state index contributed by atoms with van der Waals surface area (Å²) in [6.45, 7) is 15.5. The predicted octanol–water partition coefficient (Wildman–Crippen LogP) is 38.5. The Hall–Kier alpha value is -1.96. The van der Waals surface area contributed by atoms with Crippen LogP contribution in [0.1, 0.15) is 466 Å². The van der Waals surface area contributed by atoms with Gasteiger partial charge in [0.1, 0.15) is 0 Å². The zero-order valence-corrected chi connectivity index (χ0v) is 73.1.